The van der Waals surface area contributed by atoms with E-state index in [1.807, 2.05) is 30.4 Å². The van der Waals surface area contributed by atoms with Crippen molar-refractivity contribution in [2.75, 3.05) is 36.9 Å². The van der Waals surface area contributed by atoms with Gasteiger partial charge in [0.05, 0.1) is 19.2 Å². The van der Waals surface area contributed by atoms with E-state index < -0.39 is 6.09 Å². The number of ether oxygens (including phenoxy) is 1. The van der Waals surface area contributed by atoms with E-state index >= 15 is 0 Å². The number of hydrogen-bond donors (Lipinski definition) is 2. The number of carbonyl (C=O) groups excluding carboxylic acids is 2. The number of anilines is 2. The van der Waals surface area contributed by atoms with Crippen LogP contribution in [0.2, 0.25) is 0 Å². The van der Waals surface area contributed by atoms with Crippen molar-refractivity contribution in [1.29, 1.82) is 0 Å². The molecule has 0 radical (unpaired) electrons. The number of nitrogens with one attached hydrogen (secondary N) is 2. The number of rotatable bonds is 5. The summed E-state index contributed by atoms with van der Waals surface area (Å²) in [4.78, 5) is 27.5. The number of amides is 1. The fourth-order valence-corrected chi connectivity index (χ4v) is 4.26. The smallest absolute Gasteiger partial charge is 0.411 e. The van der Waals surface area contributed by atoms with Crippen LogP contribution in [0.15, 0.2) is 48.1 Å². The molecule has 158 valence electrons. The quantitative estimate of drug-likeness (QED) is 0.758. The summed E-state index contributed by atoms with van der Waals surface area (Å²) in [6.45, 7) is 4.45. The van der Waals surface area contributed by atoms with E-state index in [1.165, 1.54) is 6.42 Å². The molecule has 1 saturated heterocycles. The van der Waals surface area contributed by atoms with Gasteiger partial charge < -0.3 is 10.1 Å². The van der Waals surface area contributed by atoms with Crippen molar-refractivity contribution in [3.05, 3.63) is 53.6 Å². The Kier molecular flexibility index (Phi) is 6.33. The summed E-state index contributed by atoms with van der Waals surface area (Å²) in [5.74, 6) is 0.115. The maximum Gasteiger partial charge on any atom is 0.411 e. The molecule has 1 aliphatic carbocycles. The van der Waals surface area contributed by atoms with Crippen LogP contribution < -0.4 is 10.6 Å². The number of piperidine rings is 1. The summed E-state index contributed by atoms with van der Waals surface area (Å²) in [5.41, 5.74) is 4.14. The predicted molar refractivity (Wildman–Crippen MR) is 120 cm³/mol. The van der Waals surface area contributed by atoms with Crippen LogP contribution in [0.5, 0.6) is 0 Å². The summed E-state index contributed by atoms with van der Waals surface area (Å²) >= 11 is 0. The predicted octanol–water partition coefficient (Wildman–Crippen LogP) is 4.37. The van der Waals surface area contributed by atoms with Gasteiger partial charge in [0.2, 0.25) is 0 Å². The zero-order valence-electron chi connectivity index (χ0n) is 17.4. The van der Waals surface area contributed by atoms with Gasteiger partial charge in [0, 0.05) is 22.5 Å². The van der Waals surface area contributed by atoms with Crippen LogP contribution in [0.3, 0.4) is 0 Å². The van der Waals surface area contributed by atoms with E-state index in [-0.39, 0.29) is 11.8 Å². The van der Waals surface area contributed by atoms with Crippen LogP contribution in [0.4, 0.5) is 16.2 Å². The van der Waals surface area contributed by atoms with Crippen molar-refractivity contribution < 1.29 is 14.3 Å². The van der Waals surface area contributed by atoms with Crippen LogP contribution >= 0.6 is 0 Å². The van der Waals surface area contributed by atoms with Crippen molar-refractivity contribution in [2.24, 2.45) is 0 Å². The van der Waals surface area contributed by atoms with Gasteiger partial charge in [-0.1, -0.05) is 24.6 Å². The van der Waals surface area contributed by atoms with Crippen molar-refractivity contribution in [1.82, 2.24) is 4.90 Å². The van der Waals surface area contributed by atoms with Crippen molar-refractivity contribution in [3.63, 3.8) is 0 Å². The second-order valence-corrected chi connectivity index (χ2v) is 7.95. The first-order chi connectivity index (χ1) is 14.6. The van der Waals surface area contributed by atoms with Gasteiger partial charge in [-0.25, -0.2) is 4.79 Å². The van der Waals surface area contributed by atoms with Crippen molar-refractivity contribution in [2.45, 2.75) is 38.6 Å². The molecule has 3 aliphatic rings. The van der Waals surface area contributed by atoms with Crippen LogP contribution in [-0.2, 0) is 9.53 Å². The van der Waals surface area contributed by atoms with E-state index in [0.29, 0.717) is 24.4 Å². The largest absolute Gasteiger partial charge is 0.450 e. The summed E-state index contributed by atoms with van der Waals surface area (Å²) < 4.78 is 5.00. The molecule has 1 atom stereocenters. The molecule has 0 spiro atoms. The molecule has 6 heteroatoms. The minimum atomic E-state index is -0.496. The fraction of sp³-hybridized carbons (Fsp3) is 0.417. The zero-order valence-corrected chi connectivity index (χ0v) is 17.4. The third-order valence-corrected chi connectivity index (χ3v) is 5.79. The average Bonchev–Trinajstić information content (AvgIpc) is 2.91. The first kappa shape index (κ1) is 20.4. The molecule has 1 unspecified atom stereocenters. The first-order valence-electron chi connectivity index (χ1n) is 10.8. The number of allylic oxidation sites excluding steroid dienone is 2. The standard InChI is InChI=1S/C24H29N3O3/c1-2-30-24(29)25-18-10-11-22-19(15-18)20(14-17-8-4-5-9-21(17)26-22)23(28)16-27-12-6-3-7-13-27/h4-5,8,10-11,14-15,21,26H,2-3,6-7,9,12-13,16H2,1H3,(H,25,29). The van der Waals surface area contributed by atoms with Gasteiger partial charge >= 0.3 is 6.09 Å². The van der Waals surface area contributed by atoms with Crippen LogP contribution in [0, 0.1) is 0 Å². The molecule has 1 aromatic carbocycles. The van der Waals surface area contributed by atoms with Gasteiger partial charge in [-0.3, -0.25) is 15.0 Å². The van der Waals surface area contributed by atoms with Crippen LogP contribution in [0.1, 0.15) is 38.2 Å². The summed E-state index contributed by atoms with van der Waals surface area (Å²) in [7, 11) is 0. The molecule has 30 heavy (non-hydrogen) atoms. The van der Waals surface area contributed by atoms with E-state index in [1.54, 1.807) is 6.92 Å². The molecule has 0 bridgehead atoms. The Labute approximate surface area is 177 Å². The Bertz CT molecular complexity index is 910. The van der Waals surface area contributed by atoms with Crippen LogP contribution in [-0.4, -0.2) is 49.1 Å². The number of nitrogens with zero attached hydrogens (tertiary/aromatic N) is 1. The molecule has 1 aromatic rings. The lowest BCUT2D eigenvalue weighted by molar-refractivity contribution is -0.115. The van der Waals surface area contributed by atoms with Crippen molar-refractivity contribution in [3.8, 4) is 0 Å². The van der Waals surface area contributed by atoms with E-state index in [0.717, 1.165) is 49.2 Å². The molecule has 2 heterocycles. The second-order valence-electron chi connectivity index (χ2n) is 7.95. The second kappa shape index (κ2) is 9.30. The number of carbonyl (C=O) groups is 2. The monoisotopic (exact) mass is 407 g/mol. The van der Waals surface area contributed by atoms with Crippen LogP contribution in [0.25, 0.3) is 5.57 Å². The normalized spacial score (nSPS) is 20.6. The summed E-state index contributed by atoms with van der Waals surface area (Å²) in [6.07, 6.45) is 12.2. The number of fused-ring (bicyclic) bond motifs is 2. The van der Waals surface area contributed by atoms with Gasteiger partial charge in [-0.2, -0.15) is 0 Å². The lowest BCUT2D eigenvalue weighted by Gasteiger charge is -2.26. The fourth-order valence-electron chi connectivity index (χ4n) is 4.26. The number of benzene rings is 1. The topological polar surface area (TPSA) is 70.7 Å². The Morgan fingerprint density at radius 3 is 2.87 bits per heavy atom. The molecule has 4 rings (SSSR count). The highest BCUT2D eigenvalue weighted by molar-refractivity contribution is 6.24. The summed E-state index contributed by atoms with van der Waals surface area (Å²) in [5, 5.41) is 6.33. The summed E-state index contributed by atoms with van der Waals surface area (Å²) in [6, 6.07) is 5.77. The van der Waals surface area contributed by atoms with Crippen molar-refractivity contribution >= 4 is 28.8 Å². The minimum absolute atomic E-state index is 0.115. The molecular formula is C24H29N3O3. The highest BCUT2D eigenvalue weighted by Crippen LogP contribution is 2.35. The van der Waals surface area contributed by atoms with E-state index in [2.05, 4.69) is 27.7 Å². The Hall–Kier alpha value is -2.86. The number of hydrogen-bond acceptors (Lipinski definition) is 5. The lowest BCUT2D eigenvalue weighted by atomic mass is 9.94. The van der Waals surface area contributed by atoms with Gasteiger partial charge in [0.25, 0.3) is 0 Å². The number of likely N-dealkylation sites (tertiary alicyclic amines) is 1. The first-order valence-corrected chi connectivity index (χ1v) is 10.8. The van der Waals surface area contributed by atoms with E-state index in [4.69, 9.17) is 4.74 Å². The zero-order chi connectivity index (χ0) is 20.9. The molecule has 0 aromatic heterocycles. The lowest BCUT2D eigenvalue weighted by Crippen LogP contribution is -2.34. The van der Waals surface area contributed by atoms with Gasteiger partial charge in [0.15, 0.2) is 5.78 Å². The minimum Gasteiger partial charge on any atom is -0.450 e. The Balaban J connectivity index is 1.67. The maximum atomic E-state index is 13.4. The highest BCUT2D eigenvalue weighted by Gasteiger charge is 2.26. The average molecular weight is 408 g/mol. The Morgan fingerprint density at radius 1 is 1.23 bits per heavy atom. The maximum absolute atomic E-state index is 13.4. The van der Waals surface area contributed by atoms with Gasteiger partial charge in [-0.15, -0.1) is 0 Å². The number of ketones is 1. The van der Waals surface area contributed by atoms with Gasteiger partial charge in [-0.05, 0) is 69.1 Å². The molecule has 2 N–H and O–H groups in total. The third kappa shape index (κ3) is 4.65. The molecule has 1 amide bonds. The third-order valence-electron chi connectivity index (χ3n) is 5.79. The highest BCUT2D eigenvalue weighted by atomic mass is 16.5. The number of Topliss-reactive ketones (excluding diaryl/α,β-unsaturated/α-hetero) is 1. The molecule has 2 aliphatic heterocycles. The SMILES string of the molecule is CCOC(=O)Nc1ccc2c(c1)C(C(=O)CN1CCCCC1)=CC1=CC=CCC1N2. The molecule has 6 nitrogen and oxygen atoms in total. The van der Waals surface area contributed by atoms with E-state index in [9.17, 15) is 9.59 Å². The molecule has 1 fully saturated rings. The van der Waals surface area contributed by atoms with Gasteiger partial charge in [0.1, 0.15) is 0 Å². The molecular weight excluding hydrogens is 378 g/mol. The Morgan fingerprint density at radius 2 is 2.07 bits per heavy atom. The molecule has 0 saturated carbocycles.